The lowest BCUT2D eigenvalue weighted by molar-refractivity contribution is -0.139. The fourth-order valence-corrected chi connectivity index (χ4v) is 1.94. The van der Waals surface area contributed by atoms with Gasteiger partial charge < -0.3 is 10.1 Å². The standard InChI is InChI=1S/C10H19NO2/c1-8(9-5-3-4-6-9)11-7-10(12)13-2/h8-9,11H,3-7H2,1-2H3/t8-/m1/s1. The number of hydrogen-bond donors (Lipinski definition) is 1. The predicted molar refractivity (Wildman–Crippen MR) is 51.4 cm³/mol. The summed E-state index contributed by atoms with van der Waals surface area (Å²) in [6, 6.07) is 0.446. The number of hydrogen-bond acceptors (Lipinski definition) is 3. The van der Waals surface area contributed by atoms with E-state index < -0.39 is 0 Å². The van der Waals surface area contributed by atoms with E-state index in [2.05, 4.69) is 17.0 Å². The fourth-order valence-electron chi connectivity index (χ4n) is 1.94. The zero-order chi connectivity index (χ0) is 9.68. The molecule has 3 heteroatoms. The maximum atomic E-state index is 10.8. The topological polar surface area (TPSA) is 38.3 Å². The van der Waals surface area contributed by atoms with Crippen LogP contribution in [0.5, 0.6) is 0 Å². The third-order valence-electron chi connectivity index (χ3n) is 2.90. The van der Waals surface area contributed by atoms with Crippen molar-refractivity contribution in [2.24, 2.45) is 5.92 Å². The SMILES string of the molecule is COC(=O)CN[C@H](C)C1CCCC1. The van der Waals surface area contributed by atoms with Crippen LogP contribution in [-0.2, 0) is 9.53 Å². The van der Waals surface area contributed by atoms with Crippen molar-refractivity contribution in [1.82, 2.24) is 5.32 Å². The molecule has 0 bridgehead atoms. The van der Waals surface area contributed by atoms with Crippen molar-refractivity contribution in [2.45, 2.75) is 38.6 Å². The Kier molecular flexibility index (Phi) is 4.22. The Labute approximate surface area is 79.8 Å². The molecule has 0 heterocycles. The Hall–Kier alpha value is -0.570. The molecule has 1 rings (SSSR count). The van der Waals surface area contributed by atoms with E-state index in [1.165, 1.54) is 32.8 Å². The summed E-state index contributed by atoms with van der Waals surface area (Å²) in [6.07, 6.45) is 5.29. The van der Waals surface area contributed by atoms with Gasteiger partial charge in [0.2, 0.25) is 0 Å². The summed E-state index contributed by atoms with van der Waals surface area (Å²) >= 11 is 0. The van der Waals surface area contributed by atoms with Gasteiger partial charge in [0.25, 0.3) is 0 Å². The number of nitrogens with one attached hydrogen (secondary N) is 1. The maximum Gasteiger partial charge on any atom is 0.319 e. The van der Waals surface area contributed by atoms with Gasteiger partial charge in [0, 0.05) is 6.04 Å². The minimum absolute atomic E-state index is 0.176. The van der Waals surface area contributed by atoms with Gasteiger partial charge in [-0.2, -0.15) is 0 Å². The van der Waals surface area contributed by atoms with Crippen LogP contribution in [0.15, 0.2) is 0 Å². The van der Waals surface area contributed by atoms with Crippen LogP contribution in [0.2, 0.25) is 0 Å². The van der Waals surface area contributed by atoms with Crippen LogP contribution in [0.4, 0.5) is 0 Å². The van der Waals surface area contributed by atoms with Crippen molar-refractivity contribution in [3.63, 3.8) is 0 Å². The first-order valence-electron chi connectivity index (χ1n) is 5.04. The smallest absolute Gasteiger partial charge is 0.319 e. The molecule has 0 radical (unpaired) electrons. The van der Waals surface area contributed by atoms with Gasteiger partial charge in [-0.05, 0) is 25.7 Å². The Morgan fingerprint density at radius 2 is 2.15 bits per heavy atom. The second kappa shape index (κ2) is 5.22. The van der Waals surface area contributed by atoms with Gasteiger partial charge >= 0.3 is 5.97 Å². The largest absolute Gasteiger partial charge is 0.468 e. The van der Waals surface area contributed by atoms with E-state index in [1.807, 2.05) is 0 Å². The Bertz CT molecular complexity index is 164. The van der Waals surface area contributed by atoms with Crippen LogP contribution in [0.1, 0.15) is 32.6 Å². The molecule has 1 aliphatic rings. The molecular formula is C10H19NO2. The second-order valence-electron chi connectivity index (χ2n) is 3.79. The van der Waals surface area contributed by atoms with Gasteiger partial charge in [-0.3, -0.25) is 4.79 Å². The zero-order valence-corrected chi connectivity index (χ0v) is 8.51. The molecule has 0 saturated heterocycles. The number of ether oxygens (including phenoxy) is 1. The molecule has 1 fully saturated rings. The Morgan fingerprint density at radius 1 is 1.54 bits per heavy atom. The zero-order valence-electron chi connectivity index (χ0n) is 8.51. The summed E-state index contributed by atoms with van der Waals surface area (Å²) in [7, 11) is 1.42. The van der Waals surface area contributed by atoms with Crippen LogP contribution in [0, 0.1) is 5.92 Å². The van der Waals surface area contributed by atoms with Crippen LogP contribution >= 0.6 is 0 Å². The normalized spacial score (nSPS) is 20.2. The van der Waals surface area contributed by atoms with E-state index in [0.29, 0.717) is 12.6 Å². The quantitative estimate of drug-likeness (QED) is 0.671. The number of rotatable bonds is 4. The van der Waals surface area contributed by atoms with E-state index in [4.69, 9.17) is 0 Å². The van der Waals surface area contributed by atoms with Crippen LogP contribution in [0.25, 0.3) is 0 Å². The van der Waals surface area contributed by atoms with Gasteiger partial charge in [-0.25, -0.2) is 0 Å². The molecule has 0 spiro atoms. The summed E-state index contributed by atoms with van der Waals surface area (Å²) in [4.78, 5) is 10.8. The fraction of sp³-hybridized carbons (Fsp3) is 0.900. The lowest BCUT2D eigenvalue weighted by Crippen LogP contribution is -2.36. The molecule has 0 aromatic carbocycles. The molecule has 13 heavy (non-hydrogen) atoms. The van der Waals surface area contributed by atoms with Crippen molar-refractivity contribution in [3.05, 3.63) is 0 Å². The lowest BCUT2D eigenvalue weighted by Gasteiger charge is -2.19. The first-order chi connectivity index (χ1) is 6.24. The highest BCUT2D eigenvalue weighted by atomic mass is 16.5. The highest BCUT2D eigenvalue weighted by molar-refractivity contribution is 5.71. The lowest BCUT2D eigenvalue weighted by atomic mass is 10.00. The van der Waals surface area contributed by atoms with Gasteiger partial charge in [-0.1, -0.05) is 12.8 Å². The minimum atomic E-state index is -0.176. The van der Waals surface area contributed by atoms with Crippen LogP contribution in [-0.4, -0.2) is 25.7 Å². The summed E-state index contributed by atoms with van der Waals surface area (Å²) < 4.78 is 4.56. The molecule has 1 atom stereocenters. The average Bonchev–Trinajstić information content (AvgIpc) is 2.66. The number of methoxy groups -OCH3 is 1. The van der Waals surface area contributed by atoms with Crippen molar-refractivity contribution >= 4 is 5.97 Å². The Morgan fingerprint density at radius 3 is 2.69 bits per heavy atom. The van der Waals surface area contributed by atoms with Gasteiger partial charge in [0.1, 0.15) is 0 Å². The van der Waals surface area contributed by atoms with Crippen molar-refractivity contribution in [3.8, 4) is 0 Å². The summed E-state index contributed by atoms with van der Waals surface area (Å²) in [5, 5.41) is 3.20. The van der Waals surface area contributed by atoms with Crippen LogP contribution < -0.4 is 5.32 Å². The third-order valence-corrected chi connectivity index (χ3v) is 2.90. The number of carbonyl (C=O) groups is 1. The highest BCUT2D eigenvalue weighted by Gasteiger charge is 2.21. The van der Waals surface area contributed by atoms with E-state index in [0.717, 1.165) is 5.92 Å². The van der Waals surface area contributed by atoms with Gasteiger partial charge in [-0.15, -0.1) is 0 Å². The first kappa shape index (κ1) is 10.5. The van der Waals surface area contributed by atoms with E-state index >= 15 is 0 Å². The molecule has 1 N–H and O–H groups in total. The molecule has 76 valence electrons. The molecule has 1 saturated carbocycles. The van der Waals surface area contributed by atoms with Crippen molar-refractivity contribution in [1.29, 1.82) is 0 Å². The molecule has 1 aliphatic carbocycles. The number of esters is 1. The number of carbonyl (C=O) groups excluding carboxylic acids is 1. The minimum Gasteiger partial charge on any atom is -0.468 e. The monoisotopic (exact) mass is 185 g/mol. The van der Waals surface area contributed by atoms with Crippen LogP contribution in [0.3, 0.4) is 0 Å². The molecule has 0 unspecified atom stereocenters. The molecule has 3 nitrogen and oxygen atoms in total. The molecular weight excluding hydrogens is 166 g/mol. The average molecular weight is 185 g/mol. The van der Waals surface area contributed by atoms with E-state index in [1.54, 1.807) is 0 Å². The molecule has 0 aromatic heterocycles. The maximum absolute atomic E-state index is 10.8. The summed E-state index contributed by atoms with van der Waals surface area (Å²) in [5.41, 5.74) is 0. The highest BCUT2D eigenvalue weighted by Crippen LogP contribution is 2.27. The summed E-state index contributed by atoms with van der Waals surface area (Å²) in [6.45, 7) is 2.49. The second-order valence-corrected chi connectivity index (χ2v) is 3.79. The molecule has 0 amide bonds. The van der Waals surface area contributed by atoms with Crippen molar-refractivity contribution < 1.29 is 9.53 Å². The van der Waals surface area contributed by atoms with E-state index in [9.17, 15) is 4.79 Å². The van der Waals surface area contributed by atoms with Crippen molar-refractivity contribution in [2.75, 3.05) is 13.7 Å². The molecule has 0 aliphatic heterocycles. The predicted octanol–water partition coefficient (Wildman–Crippen LogP) is 1.33. The first-order valence-corrected chi connectivity index (χ1v) is 5.04. The van der Waals surface area contributed by atoms with E-state index in [-0.39, 0.29) is 5.97 Å². The van der Waals surface area contributed by atoms with Gasteiger partial charge in [0.15, 0.2) is 0 Å². The molecule has 0 aromatic rings. The third kappa shape index (κ3) is 3.35. The van der Waals surface area contributed by atoms with Gasteiger partial charge in [0.05, 0.1) is 13.7 Å². The Balaban J connectivity index is 2.16. The summed E-state index contributed by atoms with van der Waals surface area (Å²) in [5.74, 6) is 0.578.